The van der Waals surface area contributed by atoms with E-state index in [9.17, 15) is 13.2 Å². The molecule has 3 rings (SSSR count). The van der Waals surface area contributed by atoms with E-state index in [1.165, 1.54) is 12.1 Å². The van der Waals surface area contributed by atoms with Gasteiger partial charge in [0, 0.05) is 22.9 Å². The van der Waals surface area contributed by atoms with Gasteiger partial charge in [-0.3, -0.25) is 4.99 Å². The second-order valence-electron chi connectivity index (χ2n) is 6.20. The highest BCUT2D eigenvalue weighted by molar-refractivity contribution is 5.90. The van der Waals surface area contributed by atoms with Gasteiger partial charge in [-0.15, -0.1) is 13.2 Å². The maximum atomic E-state index is 12.5. The molecule has 0 bridgehead atoms. The molecule has 0 amide bonds. The van der Waals surface area contributed by atoms with Gasteiger partial charge < -0.3 is 15.5 Å². The van der Waals surface area contributed by atoms with Crippen molar-refractivity contribution >= 4 is 11.9 Å². The van der Waals surface area contributed by atoms with Gasteiger partial charge in [0.2, 0.25) is 0 Å². The normalized spacial score (nSPS) is 20.4. The van der Waals surface area contributed by atoms with E-state index >= 15 is 0 Å². The number of hydrogen-bond donors (Lipinski definition) is 2. The number of benzene rings is 1. The molecule has 1 unspecified atom stereocenters. The standard InChI is InChI=1S/C18H18F3N3O/c1-17(8-6-14-12(10-17)7-9-23-14)16(22)24-11-13-4-2-3-5-15(13)25-18(19,20)21/h2-9,23H,10-11H2,1H3,(H2,22,24). The van der Waals surface area contributed by atoms with Crippen LogP contribution in [0.3, 0.4) is 0 Å². The Bertz CT molecular complexity index is 823. The molecule has 0 saturated heterocycles. The quantitative estimate of drug-likeness (QED) is 0.646. The number of nitrogens with two attached hydrogens (primary N) is 1. The number of nitrogens with zero attached hydrogens (tertiary/aromatic N) is 1. The zero-order valence-corrected chi connectivity index (χ0v) is 13.6. The third kappa shape index (κ3) is 3.87. The lowest BCUT2D eigenvalue weighted by Crippen LogP contribution is -2.36. The van der Waals surface area contributed by atoms with Crippen molar-refractivity contribution in [3.8, 4) is 5.75 Å². The topological polar surface area (TPSA) is 63.4 Å². The Morgan fingerprint density at radius 3 is 2.84 bits per heavy atom. The highest BCUT2D eigenvalue weighted by atomic mass is 19.4. The van der Waals surface area contributed by atoms with Crippen molar-refractivity contribution in [2.45, 2.75) is 26.3 Å². The number of aromatic amines is 1. The lowest BCUT2D eigenvalue weighted by atomic mass is 9.79. The summed E-state index contributed by atoms with van der Waals surface area (Å²) in [5, 5.41) is 0. The first-order chi connectivity index (χ1) is 11.8. The number of aromatic nitrogens is 1. The fourth-order valence-electron chi connectivity index (χ4n) is 2.83. The number of fused-ring (bicyclic) bond motifs is 1. The summed E-state index contributed by atoms with van der Waals surface area (Å²) in [4.78, 5) is 7.45. The lowest BCUT2D eigenvalue weighted by molar-refractivity contribution is -0.274. The number of rotatable bonds is 4. The van der Waals surface area contributed by atoms with Crippen LogP contribution in [0.1, 0.15) is 23.7 Å². The molecule has 1 heterocycles. The van der Waals surface area contributed by atoms with E-state index < -0.39 is 11.8 Å². The van der Waals surface area contributed by atoms with Crippen molar-refractivity contribution in [3.05, 3.63) is 59.4 Å². The van der Waals surface area contributed by atoms with Gasteiger partial charge in [-0.25, -0.2) is 0 Å². The van der Waals surface area contributed by atoms with Gasteiger partial charge in [-0.05, 0) is 37.1 Å². The van der Waals surface area contributed by atoms with Crippen LogP contribution < -0.4 is 10.5 Å². The first-order valence-electron chi connectivity index (χ1n) is 7.76. The van der Waals surface area contributed by atoms with E-state index in [1.807, 2.05) is 31.3 Å². The smallest absolute Gasteiger partial charge is 0.405 e. The molecule has 0 radical (unpaired) electrons. The number of alkyl halides is 3. The minimum atomic E-state index is -4.74. The molecule has 1 aromatic heterocycles. The maximum absolute atomic E-state index is 12.5. The monoisotopic (exact) mass is 349 g/mol. The Kier molecular flexibility index (Phi) is 4.32. The summed E-state index contributed by atoms with van der Waals surface area (Å²) >= 11 is 0. The Balaban J connectivity index is 1.78. The van der Waals surface area contributed by atoms with Crippen molar-refractivity contribution in [3.63, 3.8) is 0 Å². The summed E-state index contributed by atoms with van der Waals surface area (Å²) in [7, 11) is 0. The van der Waals surface area contributed by atoms with Crippen LogP contribution >= 0.6 is 0 Å². The summed E-state index contributed by atoms with van der Waals surface area (Å²) < 4.78 is 41.5. The molecule has 1 aliphatic rings. The van der Waals surface area contributed by atoms with Crippen molar-refractivity contribution < 1.29 is 17.9 Å². The molecule has 1 atom stereocenters. The first kappa shape index (κ1) is 17.1. The molecule has 25 heavy (non-hydrogen) atoms. The Morgan fingerprint density at radius 1 is 1.32 bits per heavy atom. The van der Waals surface area contributed by atoms with Crippen LogP contribution in [-0.2, 0) is 13.0 Å². The van der Waals surface area contributed by atoms with Crippen LogP contribution in [0.5, 0.6) is 5.75 Å². The average Bonchev–Trinajstić information content (AvgIpc) is 2.99. The third-order valence-corrected chi connectivity index (χ3v) is 4.25. The Hall–Kier alpha value is -2.70. The second-order valence-corrected chi connectivity index (χ2v) is 6.20. The molecule has 3 N–H and O–H groups in total. The second kappa shape index (κ2) is 6.31. The molecule has 4 nitrogen and oxygen atoms in total. The highest BCUT2D eigenvalue weighted by Gasteiger charge is 2.32. The van der Waals surface area contributed by atoms with Gasteiger partial charge in [0.25, 0.3) is 0 Å². The van der Waals surface area contributed by atoms with Gasteiger partial charge in [-0.2, -0.15) is 0 Å². The van der Waals surface area contributed by atoms with E-state index in [0.29, 0.717) is 17.8 Å². The number of hydrogen-bond acceptors (Lipinski definition) is 2. The van der Waals surface area contributed by atoms with Crippen LogP contribution in [0, 0.1) is 5.41 Å². The van der Waals surface area contributed by atoms with Gasteiger partial charge in [0.05, 0.1) is 6.54 Å². The van der Waals surface area contributed by atoms with Crippen LogP contribution in [0.15, 0.2) is 47.6 Å². The highest BCUT2D eigenvalue weighted by Crippen LogP contribution is 2.33. The minimum absolute atomic E-state index is 0.0154. The minimum Gasteiger partial charge on any atom is -0.405 e. The van der Waals surface area contributed by atoms with Crippen LogP contribution in [0.4, 0.5) is 13.2 Å². The Labute approximate surface area is 143 Å². The van der Waals surface area contributed by atoms with E-state index in [0.717, 1.165) is 11.3 Å². The summed E-state index contributed by atoms with van der Waals surface area (Å²) in [5.41, 5.74) is 8.17. The van der Waals surface area contributed by atoms with Crippen molar-refractivity contribution in [1.29, 1.82) is 0 Å². The van der Waals surface area contributed by atoms with Crippen LogP contribution in [0.2, 0.25) is 0 Å². The van der Waals surface area contributed by atoms with E-state index in [-0.39, 0.29) is 12.3 Å². The molecule has 7 heteroatoms. The van der Waals surface area contributed by atoms with Crippen molar-refractivity contribution in [1.82, 2.24) is 4.98 Å². The molecule has 132 valence electrons. The number of ether oxygens (including phenoxy) is 1. The number of para-hydroxylation sites is 1. The summed E-state index contributed by atoms with van der Waals surface area (Å²) in [6.07, 6.45) is 1.70. The summed E-state index contributed by atoms with van der Waals surface area (Å²) in [6, 6.07) is 7.91. The number of aliphatic imine (C=N–C) groups is 1. The molecule has 2 aromatic rings. The largest absolute Gasteiger partial charge is 0.573 e. The van der Waals surface area contributed by atoms with Crippen LogP contribution in [0.25, 0.3) is 6.08 Å². The SMILES string of the molecule is CC1(C(N)=NCc2ccccc2OC(F)(F)F)C=Cc2[nH]ccc2C1. The lowest BCUT2D eigenvalue weighted by Gasteiger charge is -2.28. The number of amidine groups is 1. The van der Waals surface area contributed by atoms with Crippen LogP contribution in [-0.4, -0.2) is 17.2 Å². The molecule has 0 saturated carbocycles. The van der Waals surface area contributed by atoms with Crippen molar-refractivity contribution in [2.75, 3.05) is 0 Å². The zero-order chi connectivity index (χ0) is 18.1. The van der Waals surface area contributed by atoms with Gasteiger partial charge >= 0.3 is 6.36 Å². The van der Waals surface area contributed by atoms with Crippen molar-refractivity contribution in [2.24, 2.45) is 16.1 Å². The average molecular weight is 349 g/mol. The van der Waals surface area contributed by atoms with E-state index in [1.54, 1.807) is 12.1 Å². The molecule has 0 aliphatic heterocycles. The Morgan fingerprint density at radius 2 is 2.08 bits per heavy atom. The maximum Gasteiger partial charge on any atom is 0.573 e. The number of H-pyrrole nitrogens is 1. The predicted octanol–water partition coefficient (Wildman–Crippen LogP) is 4.05. The first-order valence-corrected chi connectivity index (χ1v) is 7.76. The number of nitrogens with one attached hydrogen (secondary N) is 1. The summed E-state index contributed by atoms with van der Waals surface area (Å²) in [6.45, 7) is 1.97. The third-order valence-electron chi connectivity index (χ3n) is 4.25. The summed E-state index contributed by atoms with van der Waals surface area (Å²) in [5.74, 6) is 0.112. The predicted molar refractivity (Wildman–Crippen MR) is 90.1 cm³/mol. The fourth-order valence-corrected chi connectivity index (χ4v) is 2.83. The fraction of sp³-hybridized carbons (Fsp3) is 0.278. The molecule has 0 fully saturated rings. The molecular formula is C18H18F3N3O. The van der Waals surface area contributed by atoms with Gasteiger partial charge in [0.1, 0.15) is 11.6 Å². The molecular weight excluding hydrogens is 331 g/mol. The zero-order valence-electron chi connectivity index (χ0n) is 13.6. The molecule has 1 aliphatic carbocycles. The van der Waals surface area contributed by atoms with Gasteiger partial charge in [-0.1, -0.05) is 24.3 Å². The van der Waals surface area contributed by atoms with Gasteiger partial charge in [0.15, 0.2) is 0 Å². The molecule has 1 aromatic carbocycles. The van der Waals surface area contributed by atoms with E-state index in [4.69, 9.17) is 5.73 Å². The van der Waals surface area contributed by atoms with E-state index in [2.05, 4.69) is 14.7 Å². The number of halogens is 3. The molecule has 0 spiro atoms.